The molecule has 6 nitrogen and oxygen atoms in total. The number of aromatic hydroxyl groups is 1. The third kappa shape index (κ3) is 5.30. The number of phenols is 1. The number of nitrogens with zero attached hydrogens (tertiary/aromatic N) is 3. The Hall–Kier alpha value is -3.14. The summed E-state index contributed by atoms with van der Waals surface area (Å²) in [5.41, 5.74) is 4.34. The number of nitrogens with one attached hydrogen (secondary N) is 1. The van der Waals surface area contributed by atoms with Crippen molar-refractivity contribution in [2.24, 2.45) is 0 Å². The highest BCUT2D eigenvalue weighted by Crippen LogP contribution is 2.36. The van der Waals surface area contributed by atoms with Crippen molar-refractivity contribution in [3.63, 3.8) is 0 Å². The maximum absolute atomic E-state index is 13.0. The zero-order valence-electron chi connectivity index (χ0n) is 20.0. The molecule has 0 spiro atoms. The number of carbonyl (C=O) groups excluding carboxylic acids is 1. The van der Waals surface area contributed by atoms with Gasteiger partial charge in [0, 0.05) is 20.0 Å². The number of rotatable bonds is 6. The molecule has 1 amide bonds. The van der Waals surface area contributed by atoms with Gasteiger partial charge >= 0.3 is 0 Å². The number of phenolic OH excluding ortho intramolecular Hbond substituents is 1. The topological polar surface area (TPSA) is 80.0 Å². The highest BCUT2D eigenvalue weighted by molar-refractivity contribution is 9.11. The number of thioether (sulfide) groups is 1. The van der Waals surface area contributed by atoms with E-state index in [1.165, 1.54) is 11.8 Å². The summed E-state index contributed by atoms with van der Waals surface area (Å²) in [6.45, 7) is 4.06. The normalized spacial score (nSPS) is 11.1. The number of hydrogen-bond acceptors (Lipinski definition) is 5. The molecule has 0 aliphatic rings. The molecule has 5 aromatic rings. The van der Waals surface area contributed by atoms with E-state index in [2.05, 4.69) is 53.4 Å². The number of halogens is 2. The number of aromatic nitrogens is 3. The Morgan fingerprint density at radius 3 is 2.54 bits per heavy atom. The molecule has 0 saturated heterocycles. The van der Waals surface area contributed by atoms with E-state index < -0.39 is 0 Å². The molecule has 1 heterocycles. The van der Waals surface area contributed by atoms with Gasteiger partial charge in [0.25, 0.3) is 0 Å². The van der Waals surface area contributed by atoms with Crippen LogP contribution < -0.4 is 5.32 Å². The van der Waals surface area contributed by atoms with E-state index in [4.69, 9.17) is 0 Å². The molecule has 1 aromatic heterocycles. The van der Waals surface area contributed by atoms with Crippen LogP contribution >= 0.6 is 43.6 Å². The van der Waals surface area contributed by atoms with E-state index in [-0.39, 0.29) is 17.4 Å². The van der Waals surface area contributed by atoms with Gasteiger partial charge in [-0.1, -0.05) is 85.6 Å². The van der Waals surface area contributed by atoms with Crippen molar-refractivity contribution in [1.29, 1.82) is 0 Å². The zero-order valence-corrected chi connectivity index (χ0v) is 24.0. The fourth-order valence-electron chi connectivity index (χ4n) is 4.19. The predicted molar refractivity (Wildman–Crippen MR) is 157 cm³/mol. The van der Waals surface area contributed by atoms with Crippen LogP contribution in [-0.4, -0.2) is 31.5 Å². The molecule has 0 unspecified atom stereocenters. The Kier molecular flexibility index (Phi) is 7.37. The van der Waals surface area contributed by atoms with Gasteiger partial charge in [-0.05, 0) is 61.2 Å². The molecule has 0 aliphatic heterocycles. The summed E-state index contributed by atoms with van der Waals surface area (Å²) in [7, 11) is 0. The number of amides is 1. The van der Waals surface area contributed by atoms with Gasteiger partial charge in [0.2, 0.25) is 5.91 Å². The number of benzene rings is 4. The minimum Gasteiger partial charge on any atom is -0.507 e. The average molecular weight is 638 g/mol. The molecule has 0 fully saturated rings. The monoisotopic (exact) mass is 636 g/mol. The Morgan fingerprint density at radius 1 is 0.973 bits per heavy atom. The van der Waals surface area contributed by atoms with Crippen molar-refractivity contribution >= 4 is 66.0 Å². The van der Waals surface area contributed by atoms with Crippen molar-refractivity contribution in [2.75, 3.05) is 11.1 Å². The number of aryl methyl sites for hydroxylation is 2. The lowest BCUT2D eigenvalue weighted by Gasteiger charge is -2.14. The summed E-state index contributed by atoms with van der Waals surface area (Å²) in [4.78, 5) is 13.0. The largest absolute Gasteiger partial charge is 0.507 e. The van der Waals surface area contributed by atoms with Gasteiger partial charge in [-0.3, -0.25) is 9.36 Å². The van der Waals surface area contributed by atoms with Crippen LogP contribution in [0.3, 0.4) is 0 Å². The molecule has 4 aromatic carbocycles. The molecule has 0 bridgehead atoms. The van der Waals surface area contributed by atoms with Crippen molar-refractivity contribution in [3.05, 3.63) is 92.9 Å². The summed E-state index contributed by atoms with van der Waals surface area (Å²) in [5, 5.41) is 25.0. The Labute approximate surface area is 235 Å². The van der Waals surface area contributed by atoms with Crippen molar-refractivity contribution in [2.45, 2.75) is 19.0 Å². The van der Waals surface area contributed by atoms with Gasteiger partial charge in [0.05, 0.1) is 17.0 Å². The van der Waals surface area contributed by atoms with E-state index >= 15 is 0 Å². The third-order valence-electron chi connectivity index (χ3n) is 5.90. The van der Waals surface area contributed by atoms with Gasteiger partial charge in [-0.25, -0.2) is 0 Å². The molecular weight excluding hydrogens is 616 g/mol. The Balaban J connectivity index is 1.47. The molecule has 0 saturated carbocycles. The molecule has 37 heavy (non-hydrogen) atoms. The van der Waals surface area contributed by atoms with Crippen LogP contribution in [-0.2, 0) is 4.79 Å². The fraction of sp³-hybridized carbons (Fsp3) is 0.107. The SMILES string of the molecule is Cc1ccc(-n2c(SCC(=O)Nc3ccc(Br)c4ccccc34)nnc2-c2cc(Br)ccc2O)c(C)c1. The molecular formula is C28H22Br2N4O2S. The standard InChI is InChI=1S/C28H22Br2N4O2S/c1-16-7-11-24(17(2)13-16)34-27(21-14-18(29)8-12-25(21)35)32-33-28(34)37-15-26(36)31-23-10-9-22(30)19-5-3-4-6-20(19)23/h3-14,35H,15H2,1-2H3,(H,31,36). The van der Waals surface area contributed by atoms with Crippen LogP contribution in [0.25, 0.3) is 27.8 Å². The predicted octanol–water partition coefficient (Wildman–Crippen LogP) is 7.67. The Morgan fingerprint density at radius 2 is 1.76 bits per heavy atom. The second-order valence-electron chi connectivity index (χ2n) is 8.57. The fourth-order valence-corrected chi connectivity index (χ4v) is 5.77. The highest BCUT2D eigenvalue weighted by Gasteiger charge is 2.21. The minimum atomic E-state index is -0.153. The van der Waals surface area contributed by atoms with Gasteiger partial charge in [0.15, 0.2) is 11.0 Å². The molecule has 186 valence electrons. The van der Waals surface area contributed by atoms with E-state index in [1.807, 2.05) is 66.9 Å². The van der Waals surface area contributed by atoms with Crippen LogP contribution in [0, 0.1) is 13.8 Å². The van der Waals surface area contributed by atoms with Crippen LogP contribution in [0.4, 0.5) is 5.69 Å². The zero-order chi connectivity index (χ0) is 26.1. The van der Waals surface area contributed by atoms with Gasteiger partial charge < -0.3 is 10.4 Å². The molecule has 5 rings (SSSR count). The molecule has 0 radical (unpaired) electrons. The summed E-state index contributed by atoms with van der Waals surface area (Å²) < 4.78 is 3.68. The Bertz CT molecular complexity index is 1650. The molecule has 2 N–H and O–H groups in total. The van der Waals surface area contributed by atoms with Crippen molar-refractivity contribution in [3.8, 4) is 22.8 Å². The lowest BCUT2D eigenvalue weighted by molar-refractivity contribution is -0.113. The first-order chi connectivity index (χ1) is 17.8. The first kappa shape index (κ1) is 25.5. The first-order valence-corrected chi connectivity index (χ1v) is 14.0. The average Bonchev–Trinajstić information content (AvgIpc) is 3.29. The first-order valence-electron chi connectivity index (χ1n) is 11.4. The van der Waals surface area contributed by atoms with Crippen LogP contribution in [0.5, 0.6) is 5.75 Å². The van der Waals surface area contributed by atoms with Gasteiger partial charge in [-0.15, -0.1) is 10.2 Å². The third-order valence-corrected chi connectivity index (χ3v) is 8.02. The molecule has 9 heteroatoms. The van der Waals surface area contributed by atoms with E-state index in [9.17, 15) is 9.90 Å². The lowest BCUT2D eigenvalue weighted by atomic mass is 10.1. The van der Waals surface area contributed by atoms with Crippen LogP contribution in [0.1, 0.15) is 11.1 Å². The van der Waals surface area contributed by atoms with E-state index in [0.717, 1.165) is 42.2 Å². The molecule has 0 aliphatic carbocycles. The number of anilines is 1. The summed E-state index contributed by atoms with van der Waals surface area (Å²) in [6.07, 6.45) is 0. The summed E-state index contributed by atoms with van der Waals surface area (Å²) in [5.74, 6) is 0.572. The number of hydrogen-bond donors (Lipinski definition) is 2. The lowest BCUT2D eigenvalue weighted by Crippen LogP contribution is -2.15. The van der Waals surface area contributed by atoms with E-state index in [1.54, 1.807) is 18.2 Å². The summed E-state index contributed by atoms with van der Waals surface area (Å²) in [6, 6.07) is 23.0. The minimum absolute atomic E-state index is 0.0954. The second-order valence-corrected chi connectivity index (χ2v) is 11.3. The maximum atomic E-state index is 13.0. The second kappa shape index (κ2) is 10.7. The van der Waals surface area contributed by atoms with E-state index in [0.29, 0.717) is 16.5 Å². The maximum Gasteiger partial charge on any atom is 0.234 e. The number of fused-ring (bicyclic) bond motifs is 1. The van der Waals surface area contributed by atoms with Gasteiger partial charge in [-0.2, -0.15) is 0 Å². The van der Waals surface area contributed by atoms with Crippen molar-refractivity contribution < 1.29 is 9.90 Å². The highest BCUT2D eigenvalue weighted by atomic mass is 79.9. The summed E-state index contributed by atoms with van der Waals surface area (Å²) >= 11 is 8.34. The van der Waals surface area contributed by atoms with Crippen LogP contribution in [0.15, 0.2) is 86.9 Å². The number of carbonyl (C=O) groups is 1. The van der Waals surface area contributed by atoms with Crippen LogP contribution in [0.2, 0.25) is 0 Å². The smallest absolute Gasteiger partial charge is 0.234 e. The van der Waals surface area contributed by atoms with Crippen molar-refractivity contribution in [1.82, 2.24) is 14.8 Å². The quantitative estimate of drug-likeness (QED) is 0.187. The van der Waals surface area contributed by atoms with Gasteiger partial charge in [0.1, 0.15) is 5.75 Å². The molecule has 0 atom stereocenters.